The molecule has 0 radical (unpaired) electrons. The Kier molecular flexibility index (Phi) is 4.13. The van der Waals surface area contributed by atoms with Crippen LogP contribution in [0.25, 0.3) is 0 Å². The average molecular weight is 265 g/mol. The van der Waals surface area contributed by atoms with E-state index in [0.717, 1.165) is 31.4 Å². The molecule has 1 atom stereocenters. The maximum atomic E-state index is 5.73. The van der Waals surface area contributed by atoms with E-state index in [1.165, 1.54) is 38.5 Å². The van der Waals surface area contributed by atoms with Gasteiger partial charge in [-0.3, -0.25) is 0 Å². The highest BCUT2D eigenvalue weighted by molar-refractivity contribution is 4.98. The van der Waals surface area contributed by atoms with E-state index < -0.39 is 0 Å². The Morgan fingerprint density at radius 2 is 1.95 bits per heavy atom. The number of aromatic nitrogens is 2. The van der Waals surface area contributed by atoms with Gasteiger partial charge in [-0.05, 0) is 19.9 Å². The van der Waals surface area contributed by atoms with E-state index in [4.69, 9.17) is 9.26 Å². The van der Waals surface area contributed by atoms with Gasteiger partial charge in [-0.25, -0.2) is 0 Å². The summed E-state index contributed by atoms with van der Waals surface area (Å²) >= 11 is 0. The molecule has 2 aliphatic rings. The molecule has 1 aliphatic carbocycles. The third-order valence-corrected chi connectivity index (χ3v) is 4.22. The molecule has 2 fully saturated rings. The Morgan fingerprint density at radius 3 is 2.68 bits per heavy atom. The fourth-order valence-electron chi connectivity index (χ4n) is 3.00. The van der Waals surface area contributed by atoms with E-state index in [1.807, 2.05) is 0 Å². The van der Waals surface area contributed by atoms with Gasteiger partial charge < -0.3 is 14.2 Å². The zero-order valence-corrected chi connectivity index (χ0v) is 11.7. The lowest BCUT2D eigenvalue weighted by atomic mass is 10.0. The van der Waals surface area contributed by atoms with Crippen molar-refractivity contribution >= 4 is 0 Å². The molecule has 1 aliphatic heterocycles. The number of rotatable bonds is 2. The molecule has 0 amide bonds. The first-order valence-corrected chi connectivity index (χ1v) is 7.46. The quantitative estimate of drug-likeness (QED) is 0.769. The molecule has 1 saturated heterocycles. The standard InChI is InChI=1S/C14H23N3O2/c1-17-8-9-18-12(10-17)13-15-14(19-16-13)11-6-4-2-3-5-7-11/h11-12H,2-10H2,1H3/t12-/m0/s1. The second kappa shape index (κ2) is 6.01. The minimum absolute atomic E-state index is 0.0259. The Bertz CT molecular complexity index is 383. The van der Waals surface area contributed by atoms with Crippen molar-refractivity contribution in [1.82, 2.24) is 15.0 Å². The molecule has 0 spiro atoms. The highest BCUT2D eigenvalue weighted by Gasteiger charge is 2.27. The van der Waals surface area contributed by atoms with E-state index in [0.29, 0.717) is 5.92 Å². The minimum atomic E-state index is -0.0259. The predicted octanol–water partition coefficient (Wildman–Crippen LogP) is 2.51. The molecule has 0 bridgehead atoms. The number of ether oxygens (including phenoxy) is 1. The summed E-state index contributed by atoms with van der Waals surface area (Å²) in [6, 6.07) is 0. The highest BCUT2D eigenvalue weighted by atomic mass is 16.5. The van der Waals surface area contributed by atoms with E-state index in [1.54, 1.807) is 0 Å². The molecule has 0 N–H and O–H groups in total. The van der Waals surface area contributed by atoms with Crippen LogP contribution in [0.5, 0.6) is 0 Å². The number of morpholine rings is 1. The summed E-state index contributed by atoms with van der Waals surface area (Å²) in [6.45, 7) is 2.57. The molecule has 106 valence electrons. The summed E-state index contributed by atoms with van der Waals surface area (Å²) < 4.78 is 11.2. The smallest absolute Gasteiger partial charge is 0.229 e. The predicted molar refractivity (Wildman–Crippen MR) is 70.9 cm³/mol. The normalized spacial score (nSPS) is 27.3. The van der Waals surface area contributed by atoms with Crippen LogP contribution in [0.3, 0.4) is 0 Å². The lowest BCUT2D eigenvalue weighted by Crippen LogP contribution is -2.35. The van der Waals surface area contributed by atoms with Gasteiger partial charge in [-0.2, -0.15) is 4.98 Å². The van der Waals surface area contributed by atoms with Crippen molar-refractivity contribution in [3.05, 3.63) is 11.7 Å². The molecule has 5 nitrogen and oxygen atoms in total. The van der Waals surface area contributed by atoms with Crippen molar-refractivity contribution in [2.75, 3.05) is 26.7 Å². The van der Waals surface area contributed by atoms with Crippen LogP contribution in [-0.4, -0.2) is 41.8 Å². The lowest BCUT2D eigenvalue weighted by Gasteiger charge is -2.27. The van der Waals surface area contributed by atoms with E-state index in [-0.39, 0.29) is 6.10 Å². The van der Waals surface area contributed by atoms with E-state index in [9.17, 15) is 0 Å². The highest BCUT2D eigenvalue weighted by Crippen LogP contribution is 2.31. The van der Waals surface area contributed by atoms with Crippen LogP contribution >= 0.6 is 0 Å². The minimum Gasteiger partial charge on any atom is -0.367 e. The van der Waals surface area contributed by atoms with Gasteiger partial charge in [-0.15, -0.1) is 0 Å². The number of likely N-dealkylation sites (N-methyl/N-ethyl adjacent to an activating group) is 1. The molecular weight excluding hydrogens is 242 g/mol. The monoisotopic (exact) mass is 265 g/mol. The van der Waals surface area contributed by atoms with Crippen LogP contribution < -0.4 is 0 Å². The fraction of sp³-hybridized carbons (Fsp3) is 0.857. The van der Waals surface area contributed by atoms with Gasteiger partial charge in [0.1, 0.15) is 6.10 Å². The van der Waals surface area contributed by atoms with Crippen molar-refractivity contribution in [2.24, 2.45) is 0 Å². The fourth-order valence-corrected chi connectivity index (χ4v) is 3.00. The molecule has 0 aromatic carbocycles. The van der Waals surface area contributed by atoms with Crippen molar-refractivity contribution < 1.29 is 9.26 Å². The molecule has 1 aromatic rings. The molecule has 19 heavy (non-hydrogen) atoms. The Balaban J connectivity index is 1.68. The van der Waals surface area contributed by atoms with Crippen LogP contribution in [0, 0.1) is 0 Å². The maximum Gasteiger partial charge on any atom is 0.229 e. The Labute approximate surface area is 114 Å². The van der Waals surface area contributed by atoms with Crippen LogP contribution in [0.15, 0.2) is 4.52 Å². The first kappa shape index (κ1) is 13.1. The summed E-state index contributed by atoms with van der Waals surface area (Å²) in [5.74, 6) is 2.02. The molecule has 1 saturated carbocycles. The third-order valence-electron chi connectivity index (χ3n) is 4.22. The van der Waals surface area contributed by atoms with Gasteiger partial charge in [0.25, 0.3) is 0 Å². The van der Waals surface area contributed by atoms with Crippen LogP contribution in [0.2, 0.25) is 0 Å². The average Bonchev–Trinajstić information content (AvgIpc) is 2.75. The van der Waals surface area contributed by atoms with Crippen molar-refractivity contribution in [3.63, 3.8) is 0 Å². The first-order valence-electron chi connectivity index (χ1n) is 7.46. The van der Waals surface area contributed by atoms with Gasteiger partial charge in [0, 0.05) is 19.0 Å². The first-order chi connectivity index (χ1) is 9.33. The van der Waals surface area contributed by atoms with Crippen LogP contribution in [0.4, 0.5) is 0 Å². The summed E-state index contributed by atoms with van der Waals surface area (Å²) in [7, 11) is 2.10. The zero-order valence-electron chi connectivity index (χ0n) is 11.7. The molecule has 5 heteroatoms. The summed E-state index contributed by atoms with van der Waals surface area (Å²) in [6.07, 6.45) is 7.60. The summed E-state index contributed by atoms with van der Waals surface area (Å²) in [4.78, 5) is 6.85. The van der Waals surface area contributed by atoms with E-state index >= 15 is 0 Å². The van der Waals surface area contributed by atoms with Crippen molar-refractivity contribution in [3.8, 4) is 0 Å². The van der Waals surface area contributed by atoms with Crippen LogP contribution in [0.1, 0.15) is 62.3 Å². The molecule has 0 unspecified atom stereocenters. The molecular formula is C14H23N3O2. The van der Waals surface area contributed by atoms with Crippen molar-refractivity contribution in [2.45, 2.75) is 50.5 Å². The van der Waals surface area contributed by atoms with Gasteiger partial charge in [-0.1, -0.05) is 30.8 Å². The molecule has 1 aromatic heterocycles. The number of hydrogen-bond donors (Lipinski definition) is 0. The Hall–Kier alpha value is -0.940. The van der Waals surface area contributed by atoms with Gasteiger partial charge in [0.05, 0.1) is 6.61 Å². The van der Waals surface area contributed by atoms with Crippen molar-refractivity contribution in [1.29, 1.82) is 0 Å². The van der Waals surface area contributed by atoms with Gasteiger partial charge >= 0.3 is 0 Å². The molecule has 3 rings (SSSR count). The largest absolute Gasteiger partial charge is 0.367 e. The number of nitrogens with zero attached hydrogens (tertiary/aromatic N) is 3. The van der Waals surface area contributed by atoms with E-state index in [2.05, 4.69) is 22.1 Å². The summed E-state index contributed by atoms with van der Waals surface area (Å²) in [5, 5.41) is 4.14. The SMILES string of the molecule is CN1CCO[C@H](c2noc(C3CCCCCC3)n2)C1. The van der Waals surface area contributed by atoms with Crippen LogP contribution in [-0.2, 0) is 4.74 Å². The maximum absolute atomic E-state index is 5.73. The topological polar surface area (TPSA) is 51.4 Å². The second-order valence-electron chi connectivity index (χ2n) is 5.80. The third kappa shape index (κ3) is 3.15. The van der Waals surface area contributed by atoms with Gasteiger partial charge in [0.2, 0.25) is 11.7 Å². The Morgan fingerprint density at radius 1 is 1.16 bits per heavy atom. The zero-order chi connectivity index (χ0) is 13.1. The summed E-state index contributed by atoms with van der Waals surface area (Å²) in [5.41, 5.74) is 0. The second-order valence-corrected chi connectivity index (χ2v) is 5.80. The van der Waals surface area contributed by atoms with Gasteiger partial charge in [0.15, 0.2) is 0 Å². The number of hydrogen-bond acceptors (Lipinski definition) is 5. The lowest BCUT2D eigenvalue weighted by molar-refractivity contribution is -0.0264. The molecule has 2 heterocycles.